The molecule has 4 amide bonds. The van der Waals surface area contributed by atoms with Crippen LogP contribution in [-0.4, -0.2) is 76.3 Å². The molecule has 2 bridgehead atoms. The molecule has 0 saturated carbocycles. The molecule has 0 spiro atoms. The largest absolute Gasteiger partial charge is 0.350 e. The Balaban J connectivity index is 1.12. The van der Waals surface area contributed by atoms with E-state index in [2.05, 4.69) is 15.2 Å². The van der Waals surface area contributed by atoms with Crippen molar-refractivity contribution in [2.75, 3.05) is 32.7 Å². The van der Waals surface area contributed by atoms with E-state index in [4.69, 9.17) is 0 Å². The number of nitrogens with zero attached hydrogens (tertiary/aromatic N) is 4. The Hall–Kier alpha value is -2.64. The highest BCUT2D eigenvalue weighted by atomic mass is 16.2. The fourth-order valence-corrected chi connectivity index (χ4v) is 6.12. The molecule has 8 heteroatoms. The van der Waals surface area contributed by atoms with Crippen molar-refractivity contribution in [3.63, 3.8) is 0 Å². The van der Waals surface area contributed by atoms with Gasteiger partial charge in [-0.3, -0.25) is 14.6 Å². The molecule has 1 aromatic rings. The highest BCUT2D eigenvalue weighted by Crippen LogP contribution is 2.38. The van der Waals surface area contributed by atoms with Crippen LogP contribution in [0.1, 0.15) is 44.2 Å². The summed E-state index contributed by atoms with van der Waals surface area (Å²) >= 11 is 0. The number of hydrogen-bond acceptors (Lipinski definition) is 4. The van der Waals surface area contributed by atoms with Gasteiger partial charge in [0.1, 0.15) is 0 Å². The number of aromatic nitrogens is 1. The topological polar surface area (TPSA) is 85.9 Å². The summed E-state index contributed by atoms with van der Waals surface area (Å²) in [5.41, 5.74) is 0.849. The lowest BCUT2D eigenvalue weighted by atomic mass is 9.76. The van der Waals surface area contributed by atoms with E-state index in [-0.39, 0.29) is 17.9 Å². The minimum Gasteiger partial charge on any atom is -0.350 e. The van der Waals surface area contributed by atoms with Crippen LogP contribution in [0.25, 0.3) is 0 Å². The van der Waals surface area contributed by atoms with Crippen LogP contribution < -0.4 is 5.32 Å². The van der Waals surface area contributed by atoms with Crippen molar-refractivity contribution in [2.24, 2.45) is 17.8 Å². The first-order valence-corrected chi connectivity index (χ1v) is 12.1. The third-order valence-electron chi connectivity index (χ3n) is 7.76. The zero-order chi connectivity index (χ0) is 22.1. The molecule has 1 N–H and O–H groups in total. The van der Waals surface area contributed by atoms with Crippen LogP contribution in [0.2, 0.25) is 0 Å². The molecule has 5 heterocycles. The van der Waals surface area contributed by atoms with Crippen LogP contribution in [0.4, 0.5) is 4.79 Å². The van der Waals surface area contributed by atoms with Gasteiger partial charge >= 0.3 is 6.03 Å². The number of urea groups is 1. The molecule has 32 heavy (non-hydrogen) atoms. The summed E-state index contributed by atoms with van der Waals surface area (Å²) in [5.74, 6) is 1.11. The minimum absolute atomic E-state index is 0.0506. The van der Waals surface area contributed by atoms with Crippen molar-refractivity contribution in [3.8, 4) is 0 Å². The van der Waals surface area contributed by atoms with E-state index in [0.717, 1.165) is 44.6 Å². The van der Waals surface area contributed by atoms with Crippen molar-refractivity contribution in [3.05, 3.63) is 30.1 Å². The molecule has 5 rings (SSSR count). The molecule has 1 aromatic heterocycles. The number of rotatable bonds is 3. The van der Waals surface area contributed by atoms with E-state index >= 15 is 0 Å². The van der Waals surface area contributed by atoms with Gasteiger partial charge in [0.2, 0.25) is 11.8 Å². The summed E-state index contributed by atoms with van der Waals surface area (Å²) in [6.45, 7) is 4.00. The smallest absolute Gasteiger partial charge is 0.320 e. The van der Waals surface area contributed by atoms with E-state index in [1.807, 2.05) is 28.0 Å². The van der Waals surface area contributed by atoms with E-state index < -0.39 is 0 Å². The van der Waals surface area contributed by atoms with E-state index in [1.54, 1.807) is 6.20 Å². The quantitative estimate of drug-likeness (QED) is 0.779. The molecule has 8 nitrogen and oxygen atoms in total. The summed E-state index contributed by atoms with van der Waals surface area (Å²) in [5, 5.41) is 2.99. The van der Waals surface area contributed by atoms with Gasteiger partial charge in [-0.1, -0.05) is 6.07 Å². The van der Waals surface area contributed by atoms with Crippen molar-refractivity contribution in [1.29, 1.82) is 0 Å². The summed E-state index contributed by atoms with van der Waals surface area (Å²) in [7, 11) is 0. The fourth-order valence-electron chi connectivity index (χ4n) is 6.12. The first-order valence-electron chi connectivity index (χ1n) is 12.1. The van der Waals surface area contributed by atoms with Crippen LogP contribution >= 0.6 is 0 Å². The molecular formula is C24H33N5O3. The Bertz CT molecular complexity index is 854. The second-order valence-corrected chi connectivity index (χ2v) is 9.86. The number of amides is 4. The monoisotopic (exact) mass is 439 g/mol. The maximum Gasteiger partial charge on any atom is 0.320 e. The summed E-state index contributed by atoms with van der Waals surface area (Å²) in [6.07, 6.45) is 7.00. The standard InChI is InChI=1S/C24H33N5O3/c30-22-6-3-5-21-19-12-17(15-29(21)22)14-28(16-19)24(32)27-10-7-18(8-11-27)23(31)26-13-20-4-1-2-9-25-20/h1-2,4,9,17-19,21H,3,5-8,10-16H2,(H,26,31)/t17-,19+,21+/m0/s1. The van der Waals surface area contributed by atoms with Gasteiger partial charge in [-0.25, -0.2) is 4.79 Å². The van der Waals surface area contributed by atoms with Gasteiger partial charge in [0.25, 0.3) is 0 Å². The Morgan fingerprint density at radius 3 is 2.69 bits per heavy atom. The van der Waals surface area contributed by atoms with Crippen LogP contribution in [0, 0.1) is 17.8 Å². The molecule has 3 atom stereocenters. The SMILES string of the molecule is O=C(NCc1ccccn1)C1CCN(C(=O)N2C[C@@H]3C[C@H](C2)[C@H]2CCCC(=O)N2C3)CC1. The average Bonchev–Trinajstić information content (AvgIpc) is 2.83. The van der Waals surface area contributed by atoms with Gasteiger partial charge in [0.15, 0.2) is 0 Å². The second kappa shape index (κ2) is 9.08. The first-order chi connectivity index (χ1) is 15.6. The van der Waals surface area contributed by atoms with Gasteiger partial charge in [0.05, 0.1) is 12.2 Å². The number of nitrogens with one attached hydrogen (secondary N) is 1. The minimum atomic E-state index is -0.0506. The molecule has 4 aliphatic rings. The lowest BCUT2D eigenvalue weighted by Crippen LogP contribution is -2.62. The normalized spacial score (nSPS) is 28.3. The Morgan fingerprint density at radius 2 is 1.91 bits per heavy atom. The van der Waals surface area contributed by atoms with Crippen molar-refractivity contribution in [2.45, 2.75) is 51.1 Å². The molecule has 0 aliphatic carbocycles. The van der Waals surface area contributed by atoms with Gasteiger partial charge in [-0.15, -0.1) is 0 Å². The Morgan fingerprint density at radius 1 is 1.06 bits per heavy atom. The predicted octanol–water partition coefficient (Wildman–Crippen LogP) is 1.86. The lowest BCUT2D eigenvalue weighted by molar-refractivity contribution is -0.144. The third kappa shape index (κ3) is 4.32. The molecule has 4 saturated heterocycles. The van der Waals surface area contributed by atoms with E-state index in [9.17, 15) is 14.4 Å². The fraction of sp³-hybridized carbons (Fsp3) is 0.667. The Kier molecular flexibility index (Phi) is 6.02. The number of carbonyl (C=O) groups excluding carboxylic acids is 3. The highest BCUT2D eigenvalue weighted by molar-refractivity contribution is 5.80. The van der Waals surface area contributed by atoms with Gasteiger partial charge in [-0.2, -0.15) is 0 Å². The van der Waals surface area contributed by atoms with Gasteiger partial charge < -0.3 is 20.0 Å². The predicted molar refractivity (Wildman–Crippen MR) is 118 cm³/mol. The zero-order valence-corrected chi connectivity index (χ0v) is 18.6. The molecular weight excluding hydrogens is 406 g/mol. The van der Waals surface area contributed by atoms with Crippen LogP contribution in [-0.2, 0) is 16.1 Å². The van der Waals surface area contributed by atoms with Crippen molar-refractivity contribution in [1.82, 2.24) is 25.0 Å². The number of pyridine rings is 1. The number of carbonyl (C=O) groups is 3. The lowest BCUT2D eigenvalue weighted by Gasteiger charge is -2.53. The molecule has 0 aromatic carbocycles. The van der Waals surface area contributed by atoms with Crippen LogP contribution in [0.3, 0.4) is 0 Å². The summed E-state index contributed by atoms with van der Waals surface area (Å²) < 4.78 is 0. The second-order valence-electron chi connectivity index (χ2n) is 9.86. The molecule has 172 valence electrons. The summed E-state index contributed by atoms with van der Waals surface area (Å²) in [6, 6.07) is 6.10. The third-order valence-corrected chi connectivity index (χ3v) is 7.76. The van der Waals surface area contributed by atoms with Crippen molar-refractivity contribution >= 4 is 17.8 Å². The Labute approximate surface area is 189 Å². The average molecular weight is 440 g/mol. The number of fused-ring (bicyclic) bond motifs is 4. The molecule has 4 fully saturated rings. The number of hydrogen-bond donors (Lipinski definition) is 1. The van der Waals surface area contributed by atoms with E-state index in [1.165, 1.54) is 0 Å². The van der Waals surface area contributed by atoms with Gasteiger partial charge in [0, 0.05) is 57.3 Å². The zero-order valence-electron chi connectivity index (χ0n) is 18.6. The molecule has 0 unspecified atom stereocenters. The molecule has 0 radical (unpaired) electrons. The van der Waals surface area contributed by atoms with Crippen LogP contribution in [0.15, 0.2) is 24.4 Å². The first kappa shape index (κ1) is 21.2. The van der Waals surface area contributed by atoms with Gasteiger partial charge in [-0.05, 0) is 56.1 Å². The maximum atomic E-state index is 13.3. The maximum absolute atomic E-state index is 13.3. The highest BCUT2D eigenvalue weighted by Gasteiger charge is 2.45. The number of likely N-dealkylation sites (tertiary alicyclic amines) is 2. The molecule has 4 aliphatic heterocycles. The van der Waals surface area contributed by atoms with E-state index in [0.29, 0.717) is 62.7 Å². The summed E-state index contributed by atoms with van der Waals surface area (Å²) in [4.78, 5) is 48.5. The number of piperidine rings is 4. The van der Waals surface area contributed by atoms with Crippen molar-refractivity contribution < 1.29 is 14.4 Å². The van der Waals surface area contributed by atoms with Crippen LogP contribution in [0.5, 0.6) is 0 Å².